The molecule has 0 aliphatic carbocycles. The van der Waals surface area contributed by atoms with Crippen molar-refractivity contribution in [2.24, 2.45) is 0 Å². The van der Waals surface area contributed by atoms with Crippen LogP contribution in [0, 0.1) is 0 Å². The Morgan fingerprint density at radius 1 is 1.38 bits per heavy atom. The van der Waals surface area contributed by atoms with Gasteiger partial charge in [0.15, 0.2) is 0 Å². The van der Waals surface area contributed by atoms with E-state index in [4.69, 9.17) is 4.42 Å². The van der Waals surface area contributed by atoms with Gasteiger partial charge in [-0.15, -0.1) is 0 Å². The Hall–Kier alpha value is -1.62. The summed E-state index contributed by atoms with van der Waals surface area (Å²) in [5, 5.41) is 0. The molecule has 86 valence electrons. The third-order valence-corrected chi connectivity index (χ3v) is 2.59. The molecule has 0 bridgehead atoms. The molecule has 1 aromatic heterocycles. The number of furan rings is 1. The first-order valence-electron chi connectivity index (χ1n) is 5.15. The number of rotatable bonds is 3. The summed E-state index contributed by atoms with van der Waals surface area (Å²) < 4.78 is 9.68. The van der Waals surface area contributed by atoms with E-state index < -0.39 is 11.9 Å². The first kappa shape index (κ1) is 10.9. The van der Waals surface area contributed by atoms with Crippen LogP contribution in [0.2, 0.25) is 0 Å². The molecule has 0 N–H and O–H groups in total. The fourth-order valence-corrected chi connectivity index (χ4v) is 1.74. The van der Waals surface area contributed by atoms with Crippen molar-refractivity contribution in [2.45, 2.75) is 19.4 Å². The van der Waals surface area contributed by atoms with E-state index in [9.17, 15) is 9.59 Å². The summed E-state index contributed by atoms with van der Waals surface area (Å²) in [6.45, 7) is 2.27. The van der Waals surface area contributed by atoms with Crippen LogP contribution in [0.3, 0.4) is 0 Å². The summed E-state index contributed by atoms with van der Waals surface area (Å²) in [4.78, 5) is 24.0. The van der Waals surface area contributed by atoms with Crippen LogP contribution in [0.25, 0.3) is 0 Å². The number of cyclic esters (lactones) is 2. The molecule has 1 unspecified atom stereocenters. The molecule has 1 atom stereocenters. The largest absolute Gasteiger partial charge is 0.469 e. The van der Waals surface area contributed by atoms with Gasteiger partial charge in [-0.2, -0.15) is 0 Å². The van der Waals surface area contributed by atoms with E-state index >= 15 is 0 Å². The molecule has 1 aliphatic rings. The van der Waals surface area contributed by atoms with Crippen molar-refractivity contribution in [3.8, 4) is 0 Å². The van der Waals surface area contributed by atoms with E-state index in [0.717, 1.165) is 5.76 Å². The maximum absolute atomic E-state index is 11.1. The maximum Gasteiger partial charge on any atom is 0.327 e. The first-order chi connectivity index (χ1) is 7.65. The molecular formula is C11H13NO4. The lowest BCUT2D eigenvalue weighted by molar-refractivity contribution is -0.167. The lowest BCUT2D eigenvalue weighted by Gasteiger charge is -2.29. The van der Waals surface area contributed by atoms with Crippen LogP contribution >= 0.6 is 0 Å². The lowest BCUT2D eigenvalue weighted by atomic mass is 10.1. The Morgan fingerprint density at radius 3 is 2.62 bits per heavy atom. The lowest BCUT2D eigenvalue weighted by Crippen LogP contribution is -2.47. The highest BCUT2D eigenvalue weighted by Gasteiger charge is 2.28. The highest BCUT2D eigenvalue weighted by Crippen LogP contribution is 2.11. The number of esters is 2. The number of ether oxygens (including phenoxy) is 1. The Bertz CT molecular complexity index is 369. The summed E-state index contributed by atoms with van der Waals surface area (Å²) >= 11 is 0. The molecule has 2 rings (SSSR count). The van der Waals surface area contributed by atoms with Gasteiger partial charge in [0.1, 0.15) is 5.76 Å². The Labute approximate surface area is 93.0 Å². The van der Waals surface area contributed by atoms with E-state index in [-0.39, 0.29) is 19.1 Å². The topological polar surface area (TPSA) is 59.8 Å². The van der Waals surface area contributed by atoms with Crippen LogP contribution < -0.4 is 0 Å². The van der Waals surface area contributed by atoms with Gasteiger partial charge < -0.3 is 9.15 Å². The molecule has 1 aliphatic heterocycles. The van der Waals surface area contributed by atoms with E-state index in [1.165, 1.54) is 0 Å². The molecule has 16 heavy (non-hydrogen) atoms. The number of carbonyl (C=O) groups excluding carboxylic acids is 2. The quantitative estimate of drug-likeness (QED) is 0.554. The van der Waals surface area contributed by atoms with E-state index in [2.05, 4.69) is 4.74 Å². The molecule has 0 radical (unpaired) electrons. The SMILES string of the molecule is CC(Cc1ccco1)N1CC(=O)OC(=O)C1. The minimum atomic E-state index is -0.484. The number of nitrogens with zero attached hydrogens (tertiary/aromatic N) is 1. The first-order valence-corrected chi connectivity index (χ1v) is 5.15. The fraction of sp³-hybridized carbons (Fsp3) is 0.455. The van der Waals surface area contributed by atoms with Crippen LogP contribution in [-0.2, 0) is 20.7 Å². The molecule has 0 aromatic carbocycles. The highest BCUT2D eigenvalue weighted by molar-refractivity contribution is 5.90. The minimum Gasteiger partial charge on any atom is -0.469 e. The molecular weight excluding hydrogens is 210 g/mol. The third-order valence-electron chi connectivity index (χ3n) is 2.59. The molecule has 5 nitrogen and oxygen atoms in total. The zero-order valence-corrected chi connectivity index (χ0v) is 9.01. The second kappa shape index (κ2) is 4.49. The van der Waals surface area contributed by atoms with Crippen LogP contribution in [0.5, 0.6) is 0 Å². The minimum absolute atomic E-state index is 0.0722. The van der Waals surface area contributed by atoms with E-state index in [0.29, 0.717) is 6.42 Å². The smallest absolute Gasteiger partial charge is 0.327 e. The summed E-state index contributed by atoms with van der Waals surface area (Å²) in [5.74, 6) is -0.121. The zero-order chi connectivity index (χ0) is 11.5. The monoisotopic (exact) mass is 223 g/mol. The maximum atomic E-state index is 11.1. The summed E-state index contributed by atoms with van der Waals surface area (Å²) in [5.41, 5.74) is 0. The normalized spacial score (nSPS) is 19.6. The van der Waals surface area contributed by atoms with Gasteiger partial charge in [0.25, 0.3) is 0 Å². The summed E-state index contributed by atoms with van der Waals surface area (Å²) in [6, 6.07) is 3.76. The van der Waals surface area contributed by atoms with Crippen LogP contribution in [0.4, 0.5) is 0 Å². The van der Waals surface area contributed by atoms with Gasteiger partial charge in [0.05, 0.1) is 19.4 Å². The van der Waals surface area contributed by atoms with Crippen molar-refractivity contribution in [3.63, 3.8) is 0 Å². The van der Waals surface area contributed by atoms with Crippen molar-refractivity contribution in [1.82, 2.24) is 4.90 Å². The van der Waals surface area contributed by atoms with Gasteiger partial charge >= 0.3 is 11.9 Å². The average Bonchev–Trinajstić information content (AvgIpc) is 2.68. The van der Waals surface area contributed by atoms with Crippen molar-refractivity contribution in [1.29, 1.82) is 0 Å². The van der Waals surface area contributed by atoms with Crippen LogP contribution in [0.15, 0.2) is 22.8 Å². The van der Waals surface area contributed by atoms with Gasteiger partial charge in [-0.25, -0.2) is 0 Å². The van der Waals surface area contributed by atoms with Gasteiger partial charge in [-0.3, -0.25) is 14.5 Å². The van der Waals surface area contributed by atoms with Crippen LogP contribution in [0.1, 0.15) is 12.7 Å². The standard InChI is InChI=1S/C11H13NO4/c1-8(5-9-3-2-4-15-9)12-6-10(13)16-11(14)7-12/h2-4,8H,5-7H2,1H3. The van der Waals surface area contributed by atoms with Gasteiger partial charge in [0.2, 0.25) is 0 Å². The Morgan fingerprint density at radius 2 is 2.06 bits per heavy atom. The van der Waals surface area contributed by atoms with Gasteiger partial charge in [-0.05, 0) is 19.1 Å². The van der Waals surface area contributed by atoms with Gasteiger partial charge in [0, 0.05) is 12.5 Å². The molecule has 1 saturated heterocycles. The molecule has 0 amide bonds. The summed E-state index contributed by atoms with van der Waals surface area (Å²) in [7, 11) is 0. The zero-order valence-electron chi connectivity index (χ0n) is 9.01. The molecule has 2 heterocycles. The predicted octanol–water partition coefficient (Wildman–Crippen LogP) is 0.596. The van der Waals surface area contributed by atoms with Crippen molar-refractivity contribution in [3.05, 3.63) is 24.2 Å². The third kappa shape index (κ3) is 2.49. The number of hydrogen-bond donors (Lipinski definition) is 0. The van der Waals surface area contributed by atoms with E-state index in [1.807, 2.05) is 19.1 Å². The van der Waals surface area contributed by atoms with Crippen molar-refractivity contribution >= 4 is 11.9 Å². The van der Waals surface area contributed by atoms with Crippen LogP contribution in [-0.4, -0.2) is 36.0 Å². The average molecular weight is 223 g/mol. The number of hydrogen-bond acceptors (Lipinski definition) is 5. The predicted molar refractivity (Wildman–Crippen MR) is 54.5 cm³/mol. The van der Waals surface area contributed by atoms with E-state index in [1.54, 1.807) is 11.2 Å². The molecule has 1 fully saturated rings. The van der Waals surface area contributed by atoms with Crippen molar-refractivity contribution < 1.29 is 18.7 Å². The number of morpholine rings is 1. The molecule has 1 aromatic rings. The fourth-order valence-electron chi connectivity index (χ4n) is 1.74. The van der Waals surface area contributed by atoms with Gasteiger partial charge in [-0.1, -0.05) is 0 Å². The molecule has 0 spiro atoms. The molecule has 5 heteroatoms. The van der Waals surface area contributed by atoms with Crippen molar-refractivity contribution in [2.75, 3.05) is 13.1 Å². The highest BCUT2D eigenvalue weighted by atomic mass is 16.6. The second-order valence-corrected chi connectivity index (χ2v) is 3.88. The molecule has 0 saturated carbocycles. The Balaban J connectivity index is 1.96. The number of carbonyl (C=O) groups is 2. The second-order valence-electron chi connectivity index (χ2n) is 3.88. The Kier molecular flexibility index (Phi) is 3.05. The summed E-state index contributed by atoms with van der Waals surface area (Å²) in [6.07, 6.45) is 2.28.